The zero-order chi connectivity index (χ0) is 32.0. The van der Waals surface area contributed by atoms with Crippen molar-refractivity contribution in [3.63, 3.8) is 0 Å². The first-order valence-electron chi connectivity index (χ1n) is 15.8. The number of halogens is 3. The van der Waals surface area contributed by atoms with Crippen LogP contribution in [0.5, 0.6) is 5.75 Å². The smallest absolute Gasteiger partial charge is 0.261 e. The second kappa shape index (κ2) is 12.0. The topological polar surface area (TPSA) is 112 Å². The highest BCUT2D eigenvalue weighted by molar-refractivity contribution is 5.96. The third-order valence-corrected chi connectivity index (χ3v) is 8.83. The number of pyridine rings is 3. The highest BCUT2D eigenvalue weighted by atomic mass is 19.3. The van der Waals surface area contributed by atoms with E-state index in [1.54, 1.807) is 29.7 Å². The molecule has 0 bridgehead atoms. The van der Waals surface area contributed by atoms with Crippen molar-refractivity contribution in [1.29, 1.82) is 0 Å². The fraction of sp³-hybridized carbons (Fsp3) is 0.324. The van der Waals surface area contributed by atoms with Crippen LogP contribution in [0, 0.1) is 5.82 Å². The number of benzene rings is 1. The van der Waals surface area contributed by atoms with Crippen LogP contribution in [0.3, 0.4) is 0 Å². The van der Waals surface area contributed by atoms with E-state index in [2.05, 4.69) is 30.0 Å². The monoisotopic (exact) mass is 639 g/mol. The number of nitrogens with zero attached hydrogens (tertiary/aromatic N) is 7. The number of aromatic amines is 2. The number of imidazole rings is 1. The minimum atomic E-state index is -2.65. The molecule has 1 aromatic carbocycles. The van der Waals surface area contributed by atoms with E-state index in [9.17, 15) is 13.2 Å². The largest absolute Gasteiger partial charge is 0.492 e. The maximum absolute atomic E-state index is 14.8. The Morgan fingerprint density at radius 2 is 1.72 bits per heavy atom. The number of H-pyrrole nitrogens is 2. The molecule has 6 aromatic rings. The van der Waals surface area contributed by atoms with Crippen LogP contribution in [0.4, 0.5) is 13.2 Å². The number of nitrogens with one attached hydrogen (secondary N) is 2. The fourth-order valence-corrected chi connectivity index (χ4v) is 6.50. The number of alkyl halides is 2. The Bertz CT molecular complexity index is 2070. The quantitative estimate of drug-likeness (QED) is 0.196. The maximum Gasteiger partial charge on any atom is 0.261 e. The Morgan fingerprint density at radius 3 is 2.57 bits per heavy atom. The number of fused-ring (bicyclic) bond motifs is 2. The zero-order valence-corrected chi connectivity index (χ0v) is 25.5. The van der Waals surface area contributed by atoms with Gasteiger partial charge in [0.15, 0.2) is 11.5 Å². The molecule has 7 heterocycles. The van der Waals surface area contributed by atoms with Crippen molar-refractivity contribution in [2.75, 3.05) is 39.3 Å². The van der Waals surface area contributed by atoms with Gasteiger partial charge in [-0.2, -0.15) is 5.10 Å². The zero-order valence-electron chi connectivity index (χ0n) is 25.5. The Balaban J connectivity index is 1.08. The average Bonchev–Trinajstić information content (AvgIpc) is 3.87. The average molecular weight is 640 g/mol. The molecule has 2 fully saturated rings. The summed E-state index contributed by atoms with van der Waals surface area (Å²) in [6.45, 7) is 3.93. The molecule has 0 saturated carbocycles. The van der Waals surface area contributed by atoms with E-state index in [-0.39, 0.29) is 13.0 Å². The summed E-state index contributed by atoms with van der Waals surface area (Å²) >= 11 is 0. The van der Waals surface area contributed by atoms with E-state index in [4.69, 9.17) is 14.7 Å². The van der Waals surface area contributed by atoms with Gasteiger partial charge in [0.2, 0.25) is 0 Å². The van der Waals surface area contributed by atoms with Gasteiger partial charge in [-0.05, 0) is 67.4 Å². The van der Waals surface area contributed by atoms with Gasteiger partial charge in [0, 0.05) is 61.8 Å². The normalized spacial score (nSPS) is 16.9. The molecule has 2 saturated heterocycles. The molecule has 2 N–H and O–H groups in total. The van der Waals surface area contributed by atoms with Crippen molar-refractivity contribution < 1.29 is 17.9 Å². The Hall–Kier alpha value is -4.88. The third-order valence-electron chi connectivity index (χ3n) is 8.83. The predicted molar refractivity (Wildman–Crippen MR) is 171 cm³/mol. The first kappa shape index (κ1) is 29.5. The van der Waals surface area contributed by atoms with Crippen LogP contribution in [0.25, 0.3) is 56.0 Å². The van der Waals surface area contributed by atoms with Gasteiger partial charge in [-0.15, -0.1) is 0 Å². The molecular formula is C34H32F3N9O. The van der Waals surface area contributed by atoms with Gasteiger partial charge in [-0.3, -0.25) is 24.9 Å². The molecule has 8 rings (SSSR count). The number of hydrogen-bond acceptors (Lipinski definition) is 8. The number of likely N-dealkylation sites (tertiary alicyclic amines) is 2. The van der Waals surface area contributed by atoms with E-state index in [0.717, 1.165) is 30.8 Å². The van der Waals surface area contributed by atoms with Crippen molar-refractivity contribution in [3.05, 3.63) is 72.6 Å². The molecule has 0 atom stereocenters. The minimum Gasteiger partial charge on any atom is -0.492 e. The predicted octanol–water partition coefficient (Wildman–Crippen LogP) is 6.08. The molecule has 0 radical (unpaired) electrons. The van der Waals surface area contributed by atoms with Crippen molar-refractivity contribution in [3.8, 4) is 39.7 Å². The van der Waals surface area contributed by atoms with Crippen molar-refractivity contribution in [1.82, 2.24) is 44.9 Å². The Morgan fingerprint density at radius 1 is 0.851 bits per heavy atom. The summed E-state index contributed by atoms with van der Waals surface area (Å²) in [6.07, 6.45) is 9.02. The molecule has 0 unspecified atom stereocenters. The molecule has 0 amide bonds. The molecule has 13 heteroatoms. The molecule has 5 aromatic heterocycles. The lowest BCUT2D eigenvalue weighted by Crippen LogP contribution is -2.25. The minimum absolute atomic E-state index is 0.127. The first-order valence-corrected chi connectivity index (χ1v) is 15.8. The van der Waals surface area contributed by atoms with Crippen LogP contribution in [-0.4, -0.2) is 90.2 Å². The Labute approximate surface area is 268 Å². The fourth-order valence-electron chi connectivity index (χ4n) is 6.50. The number of rotatable bonds is 9. The summed E-state index contributed by atoms with van der Waals surface area (Å²) in [5, 5.41) is 7.54. The number of hydrogen-bond donors (Lipinski definition) is 2. The molecule has 240 valence electrons. The molecule has 2 aliphatic heterocycles. The van der Waals surface area contributed by atoms with Gasteiger partial charge in [0.1, 0.15) is 23.7 Å². The van der Waals surface area contributed by atoms with Gasteiger partial charge in [0.05, 0.1) is 35.0 Å². The van der Waals surface area contributed by atoms with Crippen molar-refractivity contribution in [2.24, 2.45) is 0 Å². The maximum atomic E-state index is 14.8. The summed E-state index contributed by atoms with van der Waals surface area (Å²) in [7, 11) is 0. The second-order valence-corrected chi connectivity index (χ2v) is 12.3. The van der Waals surface area contributed by atoms with Crippen molar-refractivity contribution in [2.45, 2.75) is 31.7 Å². The molecule has 10 nitrogen and oxygen atoms in total. The summed E-state index contributed by atoms with van der Waals surface area (Å²) in [5.41, 5.74) is 6.62. The highest BCUT2D eigenvalue weighted by Gasteiger charge is 2.38. The molecule has 2 aliphatic rings. The van der Waals surface area contributed by atoms with Gasteiger partial charge in [-0.1, -0.05) is 0 Å². The third kappa shape index (κ3) is 6.15. The first-order chi connectivity index (χ1) is 22.9. The SMILES string of the molecule is Fc1cc(OCCN2CCCC2)cc(-c2cncc3[nH]c(-c4n[nH]c5ccc(-c6cncc(CN7CCC(F)(F)C7)c6)nc45)nc23)c1. The lowest BCUT2D eigenvalue weighted by Gasteiger charge is -2.15. The van der Waals surface area contributed by atoms with Crippen LogP contribution in [0.1, 0.15) is 24.8 Å². The second-order valence-electron chi connectivity index (χ2n) is 12.3. The summed E-state index contributed by atoms with van der Waals surface area (Å²) in [5.74, 6) is -2.12. The standard InChI is InChI=1S/C34H32F3N9O/c35-24-12-22(13-25(14-24)47-10-9-45-6-1-2-7-45)26-17-39-18-29-30(26)42-33(41-29)32-31-28(43-44-32)4-3-27(40-31)23-11-21(15-38-16-23)19-46-8-5-34(36,37)20-46/h3-4,11-18H,1-2,5-10,19-20H2,(H,41,42)(H,43,44). The van der Waals surface area contributed by atoms with Gasteiger partial charge in [0.25, 0.3) is 5.92 Å². The van der Waals surface area contributed by atoms with Crippen LogP contribution >= 0.6 is 0 Å². The van der Waals surface area contributed by atoms with E-state index < -0.39 is 11.7 Å². The van der Waals surface area contributed by atoms with E-state index in [1.807, 2.05) is 24.3 Å². The van der Waals surface area contributed by atoms with Gasteiger partial charge >= 0.3 is 0 Å². The lowest BCUT2D eigenvalue weighted by molar-refractivity contribution is 0.0115. The van der Waals surface area contributed by atoms with Gasteiger partial charge in [-0.25, -0.2) is 23.1 Å². The van der Waals surface area contributed by atoms with E-state index in [0.29, 0.717) is 75.9 Å². The summed E-state index contributed by atoms with van der Waals surface area (Å²) in [6, 6.07) is 10.3. The van der Waals surface area contributed by atoms with Gasteiger partial charge < -0.3 is 9.72 Å². The van der Waals surface area contributed by atoms with Crippen molar-refractivity contribution >= 4 is 22.1 Å². The molecule has 47 heavy (non-hydrogen) atoms. The van der Waals surface area contributed by atoms with Crippen LogP contribution in [-0.2, 0) is 6.54 Å². The van der Waals surface area contributed by atoms with Crippen LogP contribution in [0.15, 0.2) is 61.2 Å². The van der Waals surface area contributed by atoms with Crippen LogP contribution in [0.2, 0.25) is 0 Å². The molecular weight excluding hydrogens is 607 g/mol. The summed E-state index contributed by atoms with van der Waals surface area (Å²) < 4.78 is 48.2. The lowest BCUT2D eigenvalue weighted by atomic mass is 10.1. The number of aromatic nitrogens is 7. The molecule has 0 spiro atoms. The highest BCUT2D eigenvalue weighted by Crippen LogP contribution is 2.34. The Kier molecular flexibility index (Phi) is 7.57. The summed E-state index contributed by atoms with van der Waals surface area (Å²) in [4.78, 5) is 25.9. The number of ether oxygens (including phenoxy) is 1. The van der Waals surface area contributed by atoms with Crippen LogP contribution < -0.4 is 4.74 Å². The van der Waals surface area contributed by atoms with E-state index >= 15 is 0 Å². The molecule has 0 aliphatic carbocycles. The van der Waals surface area contributed by atoms with E-state index in [1.165, 1.54) is 25.0 Å².